The zero-order valence-electron chi connectivity index (χ0n) is 17.8. The van der Waals surface area contributed by atoms with Crippen LogP contribution in [-0.2, 0) is 21.7 Å². The summed E-state index contributed by atoms with van der Waals surface area (Å²) in [5.41, 5.74) is 1.39. The lowest BCUT2D eigenvalue weighted by Crippen LogP contribution is -2.43. The minimum Gasteiger partial charge on any atom is -0.486 e. The van der Waals surface area contributed by atoms with E-state index in [0.29, 0.717) is 36.8 Å². The molecule has 0 spiro atoms. The van der Waals surface area contributed by atoms with Crippen molar-refractivity contribution in [2.75, 3.05) is 26.8 Å². The first-order valence-corrected chi connectivity index (χ1v) is 10.1. The van der Waals surface area contributed by atoms with Gasteiger partial charge in [-0.25, -0.2) is 4.79 Å². The number of urea groups is 1. The Morgan fingerprint density at radius 1 is 1.10 bits per heavy atom. The number of benzene rings is 2. The van der Waals surface area contributed by atoms with Crippen molar-refractivity contribution in [3.8, 4) is 11.5 Å². The molecule has 2 aliphatic rings. The minimum atomic E-state index is -1.29. The van der Waals surface area contributed by atoms with Crippen LogP contribution in [0.5, 0.6) is 11.5 Å². The van der Waals surface area contributed by atoms with E-state index >= 15 is 0 Å². The number of hydrogen-bond acceptors (Lipinski definition) is 5. The summed E-state index contributed by atoms with van der Waals surface area (Å²) in [4.78, 5) is 40.9. The number of aryl methyl sites for hydroxylation is 1. The van der Waals surface area contributed by atoms with Gasteiger partial charge in [0.1, 0.15) is 25.3 Å². The monoisotopic (exact) mass is 423 g/mol. The Bertz CT molecular complexity index is 1040. The van der Waals surface area contributed by atoms with E-state index in [1.807, 2.05) is 31.2 Å². The number of rotatable bonds is 5. The van der Waals surface area contributed by atoms with Crippen LogP contribution >= 0.6 is 0 Å². The Morgan fingerprint density at radius 3 is 2.48 bits per heavy atom. The average molecular weight is 423 g/mol. The van der Waals surface area contributed by atoms with Crippen LogP contribution in [-0.4, -0.2) is 54.5 Å². The molecule has 0 radical (unpaired) electrons. The number of carbonyl (C=O) groups is 3. The molecule has 4 amide bonds. The quantitative estimate of drug-likeness (QED) is 0.745. The van der Waals surface area contributed by atoms with Crippen LogP contribution in [0.15, 0.2) is 42.5 Å². The normalized spacial score (nSPS) is 19.9. The van der Waals surface area contributed by atoms with Gasteiger partial charge in [-0.05, 0) is 37.1 Å². The van der Waals surface area contributed by atoms with E-state index in [1.54, 1.807) is 32.2 Å². The van der Waals surface area contributed by atoms with E-state index < -0.39 is 17.5 Å². The molecule has 1 fully saturated rings. The summed E-state index contributed by atoms with van der Waals surface area (Å²) in [5.74, 6) is 0.321. The number of amides is 4. The molecule has 0 unspecified atom stereocenters. The molecule has 0 bridgehead atoms. The van der Waals surface area contributed by atoms with Gasteiger partial charge < -0.3 is 19.7 Å². The second kappa shape index (κ2) is 7.94. The van der Waals surface area contributed by atoms with Crippen LogP contribution in [0.3, 0.4) is 0 Å². The molecule has 2 heterocycles. The van der Waals surface area contributed by atoms with E-state index in [-0.39, 0.29) is 12.5 Å². The fourth-order valence-corrected chi connectivity index (χ4v) is 3.70. The van der Waals surface area contributed by atoms with Crippen molar-refractivity contribution in [3.05, 3.63) is 59.2 Å². The third kappa shape index (κ3) is 3.93. The maximum atomic E-state index is 13.2. The number of nitrogens with one attached hydrogen (secondary N) is 1. The van der Waals surface area contributed by atoms with E-state index in [0.717, 1.165) is 16.0 Å². The first-order chi connectivity index (χ1) is 14.8. The number of nitrogens with zero attached hydrogens (tertiary/aromatic N) is 2. The fraction of sp³-hybridized carbons (Fsp3) is 0.348. The molecule has 2 aromatic carbocycles. The Labute approximate surface area is 180 Å². The van der Waals surface area contributed by atoms with Crippen LogP contribution in [0.25, 0.3) is 0 Å². The van der Waals surface area contributed by atoms with Gasteiger partial charge in [-0.15, -0.1) is 0 Å². The highest BCUT2D eigenvalue weighted by Gasteiger charge is 2.50. The molecule has 2 aromatic rings. The molecule has 4 rings (SSSR count). The second-order valence-corrected chi connectivity index (χ2v) is 8.04. The topological polar surface area (TPSA) is 88.2 Å². The number of carbonyl (C=O) groups excluding carboxylic acids is 3. The zero-order chi connectivity index (χ0) is 22.2. The van der Waals surface area contributed by atoms with Gasteiger partial charge in [0.25, 0.3) is 5.91 Å². The molecule has 1 N–H and O–H groups in total. The highest BCUT2D eigenvalue weighted by molar-refractivity contribution is 6.09. The van der Waals surface area contributed by atoms with Gasteiger partial charge in [0.15, 0.2) is 11.5 Å². The van der Waals surface area contributed by atoms with Crippen LogP contribution in [0.1, 0.15) is 23.6 Å². The minimum absolute atomic E-state index is 0.324. The average Bonchev–Trinajstić information content (AvgIpc) is 2.98. The largest absolute Gasteiger partial charge is 0.486 e. The van der Waals surface area contributed by atoms with Crippen LogP contribution in [0, 0.1) is 6.92 Å². The van der Waals surface area contributed by atoms with E-state index in [2.05, 4.69) is 5.32 Å². The Balaban J connectivity index is 1.47. The van der Waals surface area contributed by atoms with Gasteiger partial charge in [0, 0.05) is 13.6 Å². The van der Waals surface area contributed by atoms with E-state index in [1.165, 1.54) is 4.90 Å². The molecular formula is C23H25N3O5. The molecule has 31 heavy (non-hydrogen) atoms. The number of likely N-dealkylation sites (N-methyl/N-ethyl adjacent to an activating group) is 1. The molecule has 1 saturated heterocycles. The standard InChI is InChI=1S/C23H25N3O5/c1-15-4-6-16(7-5-15)13-25(3)20(27)14-26-21(28)23(2,24-22(26)29)17-8-9-18-19(12-17)31-11-10-30-18/h4-9,12H,10-11,13-14H2,1-3H3,(H,24,29)/t23-/m1/s1. The Kier molecular flexibility index (Phi) is 5.31. The summed E-state index contributed by atoms with van der Waals surface area (Å²) in [5, 5.41) is 2.72. The summed E-state index contributed by atoms with van der Waals surface area (Å²) < 4.78 is 11.1. The fourth-order valence-electron chi connectivity index (χ4n) is 3.70. The van der Waals surface area contributed by atoms with E-state index in [9.17, 15) is 14.4 Å². The van der Waals surface area contributed by atoms with Crippen LogP contribution < -0.4 is 14.8 Å². The molecular weight excluding hydrogens is 398 g/mol. The zero-order valence-corrected chi connectivity index (χ0v) is 17.8. The molecule has 8 heteroatoms. The summed E-state index contributed by atoms with van der Waals surface area (Å²) in [6.45, 7) is 4.57. The molecule has 1 atom stereocenters. The Hall–Kier alpha value is -3.55. The SMILES string of the molecule is Cc1ccc(CN(C)C(=O)CN2C(=O)N[C@](C)(c3ccc4c(c3)OCCO4)C2=O)cc1. The highest BCUT2D eigenvalue weighted by Crippen LogP contribution is 2.36. The van der Waals surface area contributed by atoms with Crippen molar-refractivity contribution in [2.45, 2.75) is 25.9 Å². The van der Waals surface area contributed by atoms with Crippen molar-refractivity contribution in [1.82, 2.24) is 15.1 Å². The Morgan fingerprint density at radius 2 is 1.77 bits per heavy atom. The number of fused-ring (bicyclic) bond motifs is 1. The predicted octanol–water partition coefficient (Wildman–Crippen LogP) is 2.19. The lowest BCUT2D eigenvalue weighted by molar-refractivity contribution is -0.138. The van der Waals surface area contributed by atoms with Gasteiger partial charge in [-0.3, -0.25) is 14.5 Å². The van der Waals surface area contributed by atoms with Crippen molar-refractivity contribution >= 4 is 17.8 Å². The third-order valence-corrected chi connectivity index (χ3v) is 5.65. The van der Waals surface area contributed by atoms with Gasteiger partial charge in [-0.2, -0.15) is 0 Å². The van der Waals surface area contributed by atoms with Gasteiger partial charge in [-0.1, -0.05) is 35.9 Å². The van der Waals surface area contributed by atoms with Crippen molar-refractivity contribution in [3.63, 3.8) is 0 Å². The predicted molar refractivity (Wildman–Crippen MR) is 113 cm³/mol. The molecule has 162 valence electrons. The molecule has 0 aliphatic carbocycles. The lowest BCUT2D eigenvalue weighted by Gasteiger charge is -2.25. The molecule has 8 nitrogen and oxygen atoms in total. The smallest absolute Gasteiger partial charge is 0.325 e. The van der Waals surface area contributed by atoms with E-state index in [4.69, 9.17) is 9.47 Å². The van der Waals surface area contributed by atoms with Crippen LogP contribution in [0.4, 0.5) is 4.79 Å². The maximum Gasteiger partial charge on any atom is 0.325 e. The highest BCUT2D eigenvalue weighted by atomic mass is 16.6. The first-order valence-electron chi connectivity index (χ1n) is 10.1. The maximum absolute atomic E-state index is 13.2. The number of imide groups is 1. The summed E-state index contributed by atoms with van der Waals surface area (Å²) in [6, 6.07) is 12.4. The number of hydrogen-bond donors (Lipinski definition) is 1. The molecule has 0 aromatic heterocycles. The molecule has 2 aliphatic heterocycles. The van der Waals surface area contributed by atoms with Crippen LogP contribution in [0.2, 0.25) is 0 Å². The summed E-state index contributed by atoms with van der Waals surface area (Å²) in [6.07, 6.45) is 0. The van der Waals surface area contributed by atoms with Gasteiger partial charge >= 0.3 is 6.03 Å². The van der Waals surface area contributed by atoms with Crippen molar-refractivity contribution in [2.24, 2.45) is 0 Å². The molecule has 0 saturated carbocycles. The second-order valence-electron chi connectivity index (χ2n) is 8.04. The summed E-state index contributed by atoms with van der Waals surface area (Å²) >= 11 is 0. The van der Waals surface area contributed by atoms with Crippen molar-refractivity contribution < 1.29 is 23.9 Å². The number of ether oxygens (including phenoxy) is 2. The van der Waals surface area contributed by atoms with Gasteiger partial charge in [0.2, 0.25) is 5.91 Å². The summed E-state index contributed by atoms with van der Waals surface area (Å²) in [7, 11) is 1.65. The lowest BCUT2D eigenvalue weighted by atomic mass is 9.91. The first kappa shape index (κ1) is 20.7. The van der Waals surface area contributed by atoms with Gasteiger partial charge in [0.05, 0.1) is 0 Å². The van der Waals surface area contributed by atoms with Crippen molar-refractivity contribution in [1.29, 1.82) is 0 Å². The third-order valence-electron chi connectivity index (χ3n) is 5.65.